The van der Waals surface area contributed by atoms with E-state index in [1.165, 1.54) is 10.5 Å². The van der Waals surface area contributed by atoms with Crippen molar-refractivity contribution in [1.29, 1.82) is 0 Å². The first-order valence-electron chi connectivity index (χ1n) is 9.42. The van der Waals surface area contributed by atoms with Crippen molar-refractivity contribution in [2.45, 2.75) is 38.5 Å². The highest BCUT2D eigenvalue weighted by Gasteiger charge is 2.35. The van der Waals surface area contributed by atoms with Crippen LogP contribution in [0.1, 0.15) is 44.6 Å². The van der Waals surface area contributed by atoms with Crippen LogP contribution in [0.25, 0.3) is 11.4 Å². The summed E-state index contributed by atoms with van der Waals surface area (Å²) >= 11 is 0. The normalized spacial score (nSPS) is 17.2. The zero-order chi connectivity index (χ0) is 20.8. The second-order valence-corrected chi connectivity index (χ2v) is 8.32. The third kappa shape index (κ3) is 3.90. The second-order valence-electron chi connectivity index (χ2n) is 8.32. The van der Waals surface area contributed by atoms with E-state index in [2.05, 4.69) is 30.9 Å². The van der Waals surface area contributed by atoms with E-state index in [-0.39, 0.29) is 35.9 Å². The fourth-order valence-corrected chi connectivity index (χ4v) is 3.46. The summed E-state index contributed by atoms with van der Waals surface area (Å²) in [5.41, 5.74) is 2.25. The highest BCUT2D eigenvalue weighted by Crippen LogP contribution is 2.33. The Bertz CT molecular complexity index is 1030. The lowest BCUT2D eigenvalue weighted by molar-refractivity contribution is -0.117. The maximum atomic E-state index is 13.5. The summed E-state index contributed by atoms with van der Waals surface area (Å²) in [5, 5.41) is 4.04. The van der Waals surface area contributed by atoms with E-state index in [0.29, 0.717) is 11.7 Å². The number of carbonyl (C=O) groups excluding carboxylic acids is 1. The molecule has 7 heteroatoms. The molecule has 2 heterocycles. The average Bonchev–Trinajstić information content (AvgIpc) is 3.27. The number of benzene rings is 2. The molecule has 1 fully saturated rings. The van der Waals surface area contributed by atoms with Gasteiger partial charge >= 0.3 is 0 Å². The van der Waals surface area contributed by atoms with Crippen molar-refractivity contribution in [2.24, 2.45) is 0 Å². The Morgan fingerprint density at radius 1 is 1.07 bits per heavy atom. The maximum absolute atomic E-state index is 13.5. The van der Waals surface area contributed by atoms with Crippen LogP contribution in [0.4, 0.5) is 14.5 Å². The summed E-state index contributed by atoms with van der Waals surface area (Å²) in [6.07, 6.45) is 0.142. The largest absolute Gasteiger partial charge is 0.339 e. The zero-order valence-corrected chi connectivity index (χ0v) is 16.4. The molecule has 1 aromatic heterocycles. The molecule has 3 aromatic rings. The Morgan fingerprint density at radius 3 is 2.34 bits per heavy atom. The van der Waals surface area contributed by atoms with Crippen molar-refractivity contribution in [3.63, 3.8) is 0 Å². The molecule has 1 atom stereocenters. The Kier molecular flexibility index (Phi) is 4.68. The third-order valence-corrected chi connectivity index (χ3v) is 5.08. The van der Waals surface area contributed by atoms with Gasteiger partial charge in [-0.25, -0.2) is 8.78 Å². The van der Waals surface area contributed by atoms with E-state index >= 15 is 0 Å². The van der Waals surface area contributed by atoms with E-state index in [9.17, 15) is 13.6 Å². The Balaban J connectivity index is 1.53. The number of nitrogens with zero attached hydrogens (tertiary/aromatic N) is 3. The van der Waals surface area contributed by atoms with Crippen LogP contribution in [-0.2, 0) is 10.2 Å². The number of halogens is 2. The van der Waals surface area contributed by atoms with Gasteiger partial charge in [0.2, 0.25) is 17.6 Å². The monoisotopic (exact) mass is 397 g/mol. The van der Waals surface area contributed by atoms with Crippen molar-refractivity contribution < 1.29 is 18.1 Å². The van der Waals surface area contributed by atoms with Gasteiger partial charge in [0.05, 0.1) is 5.92 Å². The lowest BCUT2D eigenvalue weighted by Crippen LogP contribution is -2.24. The van der Waals surface area contributed by atoms with Gasteiger partial charge in [0.1, 0.15) is 11.6 Å². The molecule has 1 aliphatic heterocycles. The number of hydrogen-bond donors (Lipinski definition) is 0. The molecule has 2 aromatic carbocycles. The van der Waals surface area contributed by atoms with Crippen LogP contribution in [0.3, 0.4) is 0 Å². The van der Waals surface area contributed by atoms with Gasteiger partial charge < -0.3 is 9.42 Å². The van der Waals surface area contributed by atoms with Crippen molar-refractivity contribution >= 4 is 11.6 Å². The predicted octanol–water partition coefficient (Wildman–Crippen LogP) is 4.83. The minimum Gasteiger partial charge on any atom is -0.339 e. The van der Waals surface area contributed by atoms with Gasteiger partial charge in [-0.2, -0.15) is 4.98 Å². The molecule has 0 N–H and O–H groups in total. The fraction of sp³-hybridized carbons (Fsp3) is 0.318. The van der Waals surface area contributed by atoms with Gasteiger partial charge in [-0.05, 0) is 23.1 Å². The Labute approximate surface area is 167 Å². The topological polar surface area (TPSA) is 59.2 Å². The van der Waals surface area contributed by atoms with Crippen LogP contribution in [0.15, 0.2) is 47.0 Å². The minimum atomic E-state index is -0.727. The van der Waals surface area contributed by atoms with Gasteiger partial charge in [0.25, 0.3) is 0 Å². The molecule has 0 spiro atoms. The van der Waals surface area contributed by atoms with Crippen LogP contribution >= 0.6 is 0 Å². The first-order chi connectivity index (χ1) is 13.7. The van der Waals surface area contributed by atoms with E-state index in [1.54, 1.807) is 0 Å². The van der Waals surface area contributed by atoms with E-state index in [1.807, 2.05) is 24.3 Å². The second kappa shape index (κ2) is 7.06. The Morgan fingerprint density at radius 2 is 1.72 bits per heavy atom. The van der Waals surface area contributed by atoms with Gasteiger partial charge in [-0.15, -0.1) is 0 Å². The van der Waals surface area contributed by atoms with Gasteiger partial charge in [0, 0.05) is 30.3 Å². The molecule has 29 heavy (non-hydrogen) atoms. The summed E-state index contributed by atoms with van der Waals surface area (Å²) in [4.78, 5) is 18.2. The third-order valence-electron chi connectivity index (χ3n) is 5.08. The standard InChI is InChI=1S/C22H21F2N3O2/c1-22(2,3)15-6-4-13(5-7-15)20-25-21(29-26-20)14-8-19(28)27(12-14)18-10-16(23)9-17(24)11-18/h4-7,9-11,14H,8,12H2,1-3H3. The van der Waals surface area contributed by atoms with Gasteiger partial charge in [0.15, 0.2) is 0 Å². The summed E-state index contributed by atoms with van der Waals surface area (Å²) in [7, 11) is 0. The number of carbonyl (C=O) groups is 1. The molecule has 0 radical (unpaired) electrons. The molecule has 4 rings (SSSR count). The lowest BCUT2D eigenvalue weighted by Gasteiger charge is -2.18. The summed E-state index contributed by atoms with van der Waals surface area (Å²) in [6, 6.07) is 11.0. The van der Waals surface area contributed by atoms with E-state index < -0.39 is 11.6 Å². The maximum Gasteiger partial charge on any atom is 0.232 e. The smallest absolute Gasteiger partial charge is 0.232 e. The zero-order valence-electron chi connectivity index (χ0n) is 16.4. The first-order valence-corrected chi connectivity index (χ1v) is 9.42. The SMILES string of the molecule is CC(C)(C)c1ccc(-c2noc(C3CC(=O)N(c4cc(F)cc(F)c4)C3)n2)cc1. The number of rotatable bonds is 3. The Hall–Kier alpha value is -3.09. The molecular weight excluding hydrogens is 376 g/mol. The van der Waals surface area contributed by atoms with Gasteiger partial charge in [-0.1, -0.05) is 50.2 Å². The number of amides is 1. The molecule has 0 saturated carbocycles. The predicted molar refractivity (Wildman–Crippen MR) is 105 cm³/mol. The van der Waals surface area contributed by atoms with Crippen molar-refractivity contribution in [3.8, 4) is 11.4 Å². The number of anilines is 1. The van der Waals surface area contributed by atoms with Crippen molar-refractivity contribution in [3.05, 3.63) is 65.6 Å². The van der Waals surface area contributed by atoms with Crippen molar-refractivity contribution in [1.82, 2.24) is 10.1 Å². The molecule has 5 nitrogen and oxygen atoms in total. The van der Waals surface area contributed by atoms with Crippen LogP contribution in [0.2, 0.25) is 0 Å². The molecule has 0 bridgehead atoms. The highest BCUT2D eigenvalue weighted by molar-refractivity contribution is 5.96. The average molecular weight is 397 g/mol. The number of aromatic nitrogens is 2. The molecule has 150 valence electrons. The summed E-state index contributed by atoms with van der Waals surface area (Å²) in [5.74, 6) is -1.24. The minimum absolute atomic E-state index is 0.0466. The number of hydrogen-bond acceptors (Lipinski definition) is 4. The quantitative estimate of drug-likeness (QED) is 0.635. The summed E-state index contributed by atoms with van der Waals surface area (Å²) < 4.78 is 32.4. The van der Waals surface area contributed by atoms with Gasteiger partial charge in [-0.3, -0.25) is 4.79 Å². The summed E-state index contributed by atoms with van der Waals surface area (Å²) in [6.45, 7) is 6.65. The molecule has 1 saturated heterocycles. The molecule has 1 amide bonds. The molecule has 1 unspecified atom stereocenters. The van der Waals surface area contributed by atoms with Crippen LogP contribution in [0, 0.1) is 11.6 Å². The van der Waals surface area contributed by atoms with E-state index in [4.69, 9.17) is 4.52 Å². The van der Waals surface area contributed by atoms with Crippen LogP contribution in [-0.4, -0.2) is 22.6 Å². The van der Waals surface area contributed by atoms with Crippen molar-refractivity contribution in [2.75, 3.05) is 11.4 Å². The molecule has 0 aliphatic carbocycles. The van der Waals surface area contributed by atoms with Crippen LogP contribution < -0.4 is 4.90 Å². The first kappa shape index (κ1) is 19.2. The lowest BCUT2D eigenvalue weighted by atomic mass is 9.87. The highest BCUT2D eigenvalue weighted by atomic mass is 19.1. The van der Waals surface area contributed by atoms with Crippen LogP contribution in [0.5, 0.6) is 0 Å². The van der Waals surface area contributed by atoms with E-state index in [0.717, 1.165) is 23.8 Å². The molecular formula is C22H21F2N3O2. The molecule has 1 aliphatic rings. The fourth-order valence-electron chi connectivity index (χ4n) is 3.46.